The minimum absolute atomic E-state index is 0.271. The Balaban J connectivity index is 1.98. The van der Waals surface area contributed by atoms with Crippen molar-refractivity contribution in [3.8, 4) is 0 Å². The van der Waals surface area contributed by atoms with Crippen LogP contribution in [-0.4, -0.2) is 49.1 Å². The van der Waals surface area contributed by atoms with Crippen molar-refractivity contribution in [1.82, 2.24) is 9.80 Å². The van der Waals surface area contributed by atoms with Gasteiger partial charge in [0.25, 0.3) is 0 Å². The first kappa shape index (κ1) is 12.6. The van der Waals surface area contributed by atoms with Crippen LogP contribution in [0.4, 0.5) is 0 Å². The summed E-state index contributed by atoms with van der Waals surface area (Å²) in [7, 11) is 2.15. The third-order valence-electron chi connectivity index (χ3n) is 3.33. The Morgan fingerprint density at radius 1 is 1.29 bits per heavy atom. The van der Waals surface area contributed by atoms with E-state index in [1.165, 1.54) is 11.1 Å². The number of aryl methyl sites for hydroxylation is 1. The summed E-state index contributed by atoms with van der Waals surface area (Å²) < 4.78 is 0. The molecule has 2 N–H and O–H groups in total. The van der Waals surface area contributed by atoms with Gasteiger partial charge < -0.3 is 10.6 Å². The van der Waals surface area contributed by atoms with Crippen LogP contribution in [0.1, 0.15) is 11.1 Å². The van der Waals surface area contributed by atoms with Crippen molar-refractivity contribution in [2.24, 2.45) is 5.73 Å². The SMILES string of the molecule is Cc1cccc(CN2CCN(C)CC(N)C2)c1. The molecule has 3 heteroatoms. The highest BCUT2D eigenvalue weighted by atomic mass is 15.2. The van der Waals surface area contributed by atoms with Gasteiger partial charge in [-0.2, -0.15) is 0 Å². The molecule has 1 unspecified atom stereocenters. The summed E-state index contributed by atoms with van der Waals surface area (Å²) in [6.45, 7) is 7.38. The molecule has 1 heterocycles. The zero-order valence-corrected chi connectivity index (χ0v) is 10.9. The molecule has 0 bridgehead atoms. The molecule has 0 spiro atoms. The fourth-order valence-corrected chi connectivity index (χ4v) is 2.50. The quantitative estimate of drug-likeness (QED) is 0.829. The van der Waals surface area contributed by atoms with Gasteiger partial charge in [0.2, 0.25) is 0 Å². The predicted octanol–water partition coefficient (Wildman–Crippen LogP) is 1.07. The first-order chi connectivity index (χ1) is 8.13. The van der Waals surface area contributed by atoms with Gasteiger partial charge in [0.15, 0.2) is 0 Å². The van der Waals surface area contributed by atoms with Crippen molar-refractivity contribution in [3.05, 3.63) is 35.4 Å². The maximum atomic E-state index is 6.12. The molecule has 0 radical (unpaired) electrons. The van der Waals surface area contributed by atoms with Gasteiger partial charge in [-0.25, -0.2) is 0 Å². The first-order valence-corrected chi connectivity index (χ1v) is 6.35. The van der Waals surface area contributed by atoms with E-state index in [0.29, 0.717) is 0 Å². The van der Waals surface area contributed by atoms with Crippen LogP contribution in [0.15, 0.2) is 24.3 Å². The number of rotatable bonds is 2. The average molecular weight is 233 g/mol. The fraction of sp³-hybridized carbons (Fsp3) is 0.571. The Hall–Kier alpha value is -0.900. The molecule has 94 valence electrons. The third kappa shape index (κ3) is 3.80. The van der Waals surface area contributed by atoms with E-state index < -0.39 is 0 Å². The van der Waals surface area contributed by atoms with Crippen molar-refractivity contribution in [3.63, 3.8) is 0 Å². The number of hydrogen-bond acceptors (Lipinski definition) is 3. The van der Waals surface area contributed by atoms with Crippen molar-refractivity contribution >= 4 is 0 Å². The van der Waals surface area contributed by atoms with Crippen LogP contribution < -0.4 is 5.73 Å². The molecule has 0 aromatic heterocycles. The molecular formula is C14H23N3. The second-order valence-electron chi connectivity index (χ2n) is 5.25. The molecule has 2 rings (SSSR count). The Bertz CT molecular complexity index is 364. The maximum absolute atomic E-state index is 6.12. The van der Waals surface area contributed by atoms with Crippen LogP contribution in [0.5, 0.6) is 0 Å². The number of nitrogens with two attached hydrogens (primary N) is 1. The molecule has 0 amide bonds. The average Bonchev–Trinajstić information content (AvgIpc) is 2.40. The van der Waals surface area contributed by atoms with Gasteiger partial charge in [-0.1, -0.05) is 29.8 Å². The van der Waals surface area contributed by atoms with Crippen LogP contribution in [0.25, 0.3) is 0 Å². The number of likely N-dealkylation sites (N-methyl/N-ethyl adjacent to an activating group) is 1. The minimum Gasteiger partial charge on any atom is -0.325 e. The third-order valence-corrected chi connectivity index (χ3v) is 3.33. The van der Waals surface area contributed by atoms with Gasteiger partial charge in [-0.05, 0) is 19.5 Å². The van der Waals surface area contributed by atoms with Crippen molar-refractivity contribution in [2.75, 3.05) is 33.2 Å². The molecule has 1 aromatic rings. The minimum atomic E-state index is 0.271. The van der Waals surface area contributed by atoms with Crippen LogP contribution in [-0.2, 0) is 6.54 Å². The van der Waals surface area contributed by atoms with Gasteiger partial charge >= 0.3 is 0 Å². The largest absolute Gasteiger partial charge is 0.325 e. The van der Waals surface area contributed by atoms with Gasteiger partial charge in [-0.3, -0.25) is 4.90 Å². The van der Waals surface area contributed by atoms with Crippen molar-refractivity contribution < 1.29 is 0 Å². The molecule has 17 heavy (non-hydrogen) atoms. The van der Waals surface area contributed by atoms with Crippen molar-refractivity contribution in [2.45, 2.75) is 19.5 Å². The van der Waals surface area contributed by atoms with Crippen LogP contribution in [0, 0.1) is 6.92 Å². The molecule has 1 fully saturated rings. The lowest BCUT2D eigenvalue weighted by Gasteiger charge is -2.21. The topological polar surface area (TPSA) is 32.5 Å². The van der Waals surface area contributed by atoms with Crippen LogP contribution >= 0.6 is 0 Å². The van der Waals surface area contributed by atoms with Gasteiger partial charge in [0, 0.05) is 38.8 Å². The van der Waals surface area contributed by atoms with E-state index in [9.17, 15) is 0 Å². The summed E-state index contributed by atoms with van der Waals surface area (Å²) in [6, 6.07) is 9.01. The number of nitrogens with zero attached hydrogens (tertiary/aromatic N) is 2. The molecule has 1 aliphatic rings. The standard InChI is InChI=1S/C14H23N3/c1-12-4-3-5-13(8-12)9-17-7-6-16(2)10-14(15)11-17/h3-5,8,14H,6-7,9-11,15H2,1-2H3. The van der Waals surface area contributed by atoms with E-state index in [-0.39, 0.29) is 6.04 Å². The summed E-state index contributed by atoms with van der Waals surface area (Å²) in [4.78, 5) is 4.78. The highest BCUT2D eigenvalue weighted by Gasteiger charge is 2.17. The lowest BCUT2D eigenvalue weighted by atomic mass is 10.1. The monoisotopic (exact) mass is 233 g/mol. The Kier molecular flexibility index (Phi) is 4.15. The molecule has 1 atom stereocenters. The lowest BCUT2D eigenvalue weighted by molar-refractivity contribution is 0.265. The summed E-state index contributed by atoms with van der Waals surface area (Å²) in [5.41, 5.74) is 8.84. The summed E-state index contributed by atoms with van der Waals surface area (Å²) >= 11 is 0. The van der Waals surface area contributed by atoms with Crippen molar-refractivity contribution in [1.29, 1.82) is 0 Å². The Labute approximate surface area is 104 Å². The van der Waals surface area contributed by atoms with E-state index in [4.69, 9.17) is 5.73 Å². The van der Waals surface area contributed by atoms with E-state index in [1.54, 1.807) is 0 Å². The normalized spacial score (nSPS) is 23.6. The Morgan fingerprint density at radius 2 is 2.12 bits per heavy atom. The highest BCUT2D eigenvalue weighted by Crippen LogP contribution is 2.09. The van der Waals surface area contributed by atoms with E-state index in [1.807, 2.05) is 0 Å². The molecule has 1 aromatic carbocycles. The first-order valence-electron chi connectivity index (χ1n) is 6.35. The molecule has 3 nitrogen and oxygen atoms in total. The van der Waals surface area contributed by atoms with Crippen LogP contribution in [0.2, 0.25) is 0 Å². The highest BCUT2D eigenvalue weighted by molar-refractivity contribution is 5.22. The lowest BCUT2D eigenvalue weighted by Crippen LogP contribution is -2.39. The summed E-state index contributed by atoms with van der Waals surface area (Å²) in [6.07, 6.45) is 0. The Morgan fingerprint density at radius 3 is 2.88 bits per heavy atom. The summed E-state index contributed by atoms with van der Waals surface area (Å²) in [5.74, 6) is 0. The molecular weight excluding hydrogens is 210 g/mol. The van der Waals surface area contributed by atoms with E-state index in [0.717, 1.165) is 32.7 Å². The van der Waals surface area contributed by atoms with E-state index in [2.05, 4.69) is 48.0 Å². The predicted molar refractivity (Wildman–Crippen MR) is 71.9 cm³/mol. The maximum Gasteiger partial charge on any atom is 0.0297 e. The second-order valence-corrected chi connectivity index (χ2v) is 5.25. The van der Waals surface area contributed by atoms with Gasteiger partial charge in [0.05, 0.1) is 0 Å². The zero-order chi connectivity index (χ0) is 12.3. The molecule has 0 saturated carbocycles. The number of benzene rings is 1. The van der Waals surface area contributed by atoms with Gasteiger partial charge in [-0.15, -0.1) is 0 Å². The van der Waals surface area contributed by atoms with Gasteiger partial charge in [0.1, 0.15) is 0 Å². The molecule has 1 aliphatic heterocycles. The summed E-state index contributed by atoms with van der Waals surface area (Å²) in [5, 5.41) is 0. The van der Waals surface area contributed by atoms with Crippen LogP contribution in [0.3, 0.4) is 0 Å². The molecule has 0 aliphatic carbocycles. The van der Waals surface area contributed by atoms with E-state index >= 15 is 0 Å². The molecule has 1 saturated heterocycles. The second kappa shape index (κ2) is 5.63. The zero-order valence-electron chi connectivity index (χ0n) is 10.9. The number of hydrogen-bond donors (Lipinski definition) is 1. The fourth-order valence-electron chi connectivity index (χ4n) is 2.50. The smallest absolute Gasteiger partial charge is 0.0297 e.